The average molecular weight is 503 g/mol. The van der Waals surface area contributed by atoms with Crippen molar-refractivity contribution >= 4 is 0 Å². The smallest absolute Gasteiger partial charge is 0.202 e. The number of rotatable bonds is 7. The molecule has 0 N–H and O–H groups in total. The van der Waals surface area contributed by atoms with E-state index in [9.17, 15) is 0 Å². The molecule has 2 bridgehead atoms. The minimum absolute atomic E-state index is 0.131. The van der Waals surface area contributed by atoms with Crippen LogP contribution in [0, 0.1) is 35.5 Å². The molecule has 0 spiro atoms. The molecule has 6 rings (SSSR count). The molecule has 37 heavy (non-hydrogen) atoms. The van der Waals surface area contributed by atoms with Crippen LogP contribution in [0.2, 0.25) is 0 Å². The highest BCUT2D eigenvalue weighted by Gasteiger charge is 2.54. The minimum atomic E-state index is -0.131. The van der Waals surface area contributed by atoms with Crippen molar-refractivity contribution in [2.75, 3.05) is 0 Å². The summed E-state index contributed by atoms with van der Waals surface area (Å²) in [5.74, 6) is 7.21. The van der Waals surface area contributed by atoms with Gasteiger partial charge in [0.05, 0.1) is 6.10 Å². The first-order valence-corrected chi connectivity index (χ1v) is 15.4. The molecule has 9 atom stereocenters. The van der Waals surface area contributed by atoms with Crippen molar-refractivity contribution in [3.63, 3.8) is 0 Å². The molecule has 4 aliphatic carbocycles. The second kappa shape index (κ2) is 11.5. The van der Waals surface area contributed by atoms with E-state index in [1.165, 1.54) is 50.5 Å². The van der Waals surface area contributed by atoms with E-state index in [-0.39, 0.29) is 6.29 Å². The van der Waals surface area contributed by atoms with Gasteiger partial charge < -0.3 is 9.47 Å². The third-order valence-electron chi connectivity index (χ3n) is 10.5. The molecule has 2 aromatic carbocycles. The number of benzene rings is 2. The average Bonchev–Trinajstić information content (AvgIpc) is 3.67. The van der Waals surface area contributed by atoms with E-state index in [4.69, 9.17) is 9.47 Å². The van der Waals surface area contributed by atoms with Crippen molar-refractivity contribution in [3.8, 4) is 5.75 Å². The normalized spacial score (nSPS) is 33.0. The summed E-state index contributed by atoms with van der Waals surface area (Å²) in [6.45, 7) is 13.6. The Balaban J connectivity index is 0.000000212. The third kappa shape index (κ3) is 5.65. The predicted octanol–water partition coefficient (Wildman–Crippen LogP) is 9.38. The Hall–Kier alpha value is -1.80. The monoisotopic (exact) mass is 502 g/mol. The SMILES string of the molecule is CC1Cc2ccccc2C1C.CCC(C)c1ccc(OC(OC2CC3CC2C2CCCC32)C(C)C)cc1. The highest BCUT2D eigenvalue weighted by Crippen LogP contribution is 2.59. The van der Waals surface area contributed by atoms with Gasteiger partial charge in [-0.15, -0.1) is 0 Å². The summed E-state index contributed by atoms with van der Waals surface area (Å²) in [4.78, 5) is 0. The molecule has 9 unspecified atom stereocenters. The molecule has 0 aromatic heterocycles. The van der Waals surface area contributed by atoms with Gasteiger partial charge in [0.2, 0.25) is 6.29 Å². The first-order chi connectivity index (χ1) is 17.9. The lowest BCUT2D eigenvalue weighted by Crippen LogP contribution is -2.37. The van der Waals surface area contributed by atoms with Gasteiger partial charge in [-0.25, -0.2) is 0 Å². The topological polar surface area (TPSA) is 18.5 Å². The maximum atomic E-state index is 6.60. The lowest BCUT2D eigenvalue weighted by Gasteiger charge is -2.35. The van der Waals surface area contributed by atoms with Crippen LogP contribution in [0.25, 0.3) is 0 Å². The zero-order valence-corrected chi connectivity index (χ0v) is 24.2. The van der Waals surface area contributed by atoms with Gasteiger partial charge in [0.25, 0.3) is 0 Å². The van der Waals surface area contributed by atoms with Crippen LogP contribution in [-0.4, -0.2) is 12.4 Å². The Labute approximate surface area is 226 Å². The maximum absolute atomic E-state index is 6.60. The van der Waals surface area contributed by atoms with E-state index in [1.807, 2.05) is 0 Å². The van der Waals surface area contributed by atoms with E-state index >= 15 is 0 Å². The Morgan fingerprint density at radius 1 is 0.865 bits per heavy atom. The Morgan fingerprint density at radius 3 is 2.30 bits per heavy atom. The second-order valence-electron chi connectivity index (χ2n) is 13.1. The van der Waals surface area contributed by atoms with E-state index < -0.39 is 0 Å². The van der Waals surface area contributed by atoms with Crippen molar-refractivity contribution in [2.24, 2.45) is 35.5 Å². The molecule has 2 nitrogen and oxygen atoms in total. The molecule has 2 aromatic rings. The van der Waals surface area contributed by atoms with Gasteiger partial charge in [0.15, 0.2) is 0 Å². The van der Waals surface area contributed by atoms with Crippen molar-refractivity contribution < 1.29 is 9.47 Å². The number of hydrogen-bond donors (Lipinski definition) is 0. The highest BCUT2D eigenvalue weighted by atomic mass is 16.7. The summed E-state index contributed by atoms with van der Waals surface area (Å²) in [5, 5.41) is 0. The molecular formula is C35H50O2. The Kier molecular flexibility index (Phi) is 8.34. The van der Waals surface area contributed by atoms with E-state index in [2.05, 4.69) is 90.1 Å². The number of hydrogen-bond acceptors (Lipinski definition) is 2. The summed E-state index contributed by atoms with van der Waals surface area (Å²) in [5.41, 5.74) is 4.52. The van der Waals surface area contributed by atoms with Crippen molar-refractivity contribution in [2.45, 2.75) is 111 Å². The largest absolute Gasteiger partial charge is 0.465 e. The third-order valence-corrected chi connectivity index (χ3v) is 10.5. The zero-order valence-electron chi connectivity index (χ0n) is 24.2. The molecule has 3 fully saturated rings. The predicted molar refractivity (Wildman–Crippen MR) is 154 cm³/mol. The summed E-state index contributed by atoms with van der Waals surface area (Å²) >= 11 is 0. The molecule has 3 saturated carbocycles. The standard InChI is InChI=1S/C24H36O2.C11H14/c1-5-16(4)17-9-11-19(12-10-17)25-24(15(2)3)26-23-14-18-13-22(23)21-8-6-7-20(18)21;1-8-7-10-5-3-4-6-11(10)9(8)2/h9-12,15-16,18,20-24H,5-8,13-14H2,1-4H3;3-6,8-9H,7H2,1-2H3. The maximum Gasteiger partial charge on any atom is 0.202 e. The summed E-state index contributed by atoms with van der Waals surface area (Å²) in [7, 11) is 0. The van der Waals surface area contributed by atoms with Crippen molar-refractivity contribution in [1.29, 1.82) is 0 Å². The Bertz CT molecular complexity index is 1010. The molecular weight excluding hydrogens is 452 g/mol. The quantitative estimate of drug-likeness (QED) is 0.351. The van der Waals surface area contributed by atoms with Gasteiger partial charge in [-0.3, -0.25) is 0 Å². The molecule has 0 amide bonds. The summed E-state index contributed by atoms with van der Waals surface area (Å²) < 4.78 is 12.9. The van der Waals surface area contributed by atoms with Gasteiger partial charge in [0.1, 0.15) is 5.75 Å². The Morgan fingerprint density at radius 2 is 1.59 bits per heavy atom. The van der Waals surface area contributed by atoms with Crippen molar-refractivity contribution in [1.82, 2.24) is 0 Å². The van der Waals surface area contributed by atoms with Gasteiger partial charge >= 0.3 is 0 Å². The first kappa shape index (κ1) is 26.8. The zero-order chi connectivity index (χ0) is 26.1. The van der Waals surface area contributed by atoms with Crippen LogP contribution >= 0.6 is 0 Å². The second-order valence-corrected chi connectivity index (χ2v) is 13.1. The van der Waals surface area contributed by atoms with Crippen LogP contribution < -0.4 is 4.74 Å². The van der Waals surface area contributed by atoms with Crippen LogP contribution in [0.15, 0.2) is 48.5 Å². The van der Waals surface area contributed by atoms with E-state index in [0.29, 0.717) is 17.9 Å². The fourth-order valence-electron chi connectivity index (χ4n) is 7.89. The van der Waals surface area contributed by atoms with Crippen LogP contribution in [0.5, 0.6) is 5.75 Å². The number of fused-ring (bicyclic) bond motifs is 6. The van der Waals surface area contributed by atoms with Gasteiger partial charge in [-0.05, 0) is 109 Å². The molecule has 0 saturated heterocycles. The molecule has 0 aliphatic heterocycles. The lowest BCUT2D eigenvalue weighted by molar-refractivity contribution is -0.162. The molecule has 0 radical (unpaired) electrons. The van der Waals surface area contributed by atoms with Gasteiger partial charge in [-0.2, -0.15) is 0 Å². The lowest BCUT2D eigenvalue weighted by atomic mass is 9.80. The van der Waals surface area contributed by atoms with Gasteiger partial charge in [0, 0.05) is 5.92 Å². The van der Waals surface area contributed by atoms with E-state index in [1.54, 1.807) is 11.1 Å². The molecule has 2 heteroatoms. The fraction of sp³-hybridized carbons (Fsp3) is 0.657. The van der Waals surface area contributed by atoms with Crippen LogP contribution in [0.1, 0.15) is 109 Å². The van der Waals surface area contributed by atoms with Crippen LogP contribution in [-0.2, 0) is 11.2 Å². The van der Waals surface area contributed by atoms with E-state index in [0.717, 1.165) is 41.3 Å². The molecule has 202 valence electrons. The van der Waals surface area contributed by atoms with Gasteiger partial charge in [-0.1, -0.05) is 84.4 Å². The summed E-state index contributed by atoms with van der Waals surface area (Å²) in [6, 6.07) is 17.5. The molecule has 4 aliphatic rings. The highest BCUT2D eigenvalue weighted by molar-refractivity contribution is 5.35. The summed E-state index contributed by atoms with van der Waals surface area (Å²) in [6.07, 6.45) is 9.78. The number of ether oxygens (including phenoxy) is 2. The molecule has 0 heterocycles. The first-order valence-electron chi connectivity index (χ1n) is 15.4. The fourth-order valence-corrected chi connectivity index (χ4v) is 7.89. The minimum Gasteiger partial charge on any atom is -0.465 e. The van der Waals surface area contributed by atoms with Crippen LogP contribution in [0.4, 0.5) is 0 Å². The van der Waals surface area contributed by atoms with Crippen LogP contribution in [0.3, 0.4) is 0 Å². The van der Waals surface area contributed by atoms with Crippen molar-refractivity contribution in [3.05, 3.63) is 65.2 Å².